The van der Waals surface area contributed by atoms with Gasteiger partial charge in [0.05, 0.1) is 10.6 Å². The normalized spacial score (nSPS) is 11.6. The fourth-order valence-electron chi connectivity index (χ4n) is 1.44. The second-order valence-corrected chi connectivity index (χ2v) is 6.92. The van der Waals surface area contributed by atoms with Crippen LogP contribution in [0.3, 0.4) is 0 Å². The molecule has 8 heteroatoms. The molecule has 0 aliphatic heterocycles. The molecule has 0 amide bonds. The molecule has 0 saturated carbocycles. The van der Waals surface area contributed by atoms with Gasteiger partial charge in [0.2, 0.25) is 5.16 Å². The van der Waals surface area contributed by atoms with Crippen LogP contribution in [0.5, 0.6) is 0 Å². The van der Waals surface area contributed by atoms with Crippen LogP contribution < -0.4 is 5.84 Å². The lowest BCUT2D eigenvalue weighted by Crippen LogP contribution is -2.25. The summed E-state index contributed by atoms with van der Waals surface area (Å²) in [5, 5.41) is 10.5. The van der Waals surface area contributed by atoms with Gasteiger partial charge in [0, 0.05) is 0 Å². The van der Waals surface area contributed by atoms with Crippen molar-refractivity contribution in [1.29, 1.82) is 0 Å². The molecule has 0 atom stereocenters. The molecule has 20 heavy (non-hydrogen) atoms. The van der Waals surface area contributed by atoms with Gasteiger partial charge in [0.25, 0.3) is 0 Å². The van der Waals surface area contributed by atoms with Gasteiger partial charge in [-0.3, -0.25) is 4.79 Å². The Morgan fingerprint density at radius 1 is 1.50 bits per heavy atom. The second-order valence-electron chi connectivity index (χ2n) is 5.03. The monoisotopic (exact) mass is 312 g/mol. The van der Waals surface area contributed by atoms with Crippen LogP contribution >= 0.6 is 23.1 Å². The predicted molar refractivity (Wildman–Crippen MR) is 80.1 cm³/mol. The Hall–Kier alpha value is -1.54. The van der Waals surface area contributed by atoms with Gasteiger partial charge in [-0.25, -0.2) is 4.68 Å². The van der Waals surface area contributed by atoms with E-state index in [1.165, 1.54) is 27.8 Å². The van der Waals surface area contributed by atoms with Crippen LogP contribution in [0, 0.1) is 0 Å². The van der Waals surface area contributed by atoms with E-state index in [2.05, 4.69) is 10.2 Å². The summed E-state index contributed by atoms with van der Waals surface area (Å²) in [6.07, 6.45) is 0. The van der Waals surface area contributed by atoms with Crippen LogP contribution in [0.2, 0.25) is 0 Å². The minimum atomic E-state index is -0.490. The van der Waals surface area contributed by atoms with Gasteiger partial charge in [0.1, 0.15) is 5.60 Å². The molecular formula is C12H16N4O2S2. The van der Waals surface area contributed by atoms with E-state index in [9.17, 15) is 4.79 Å². The van der Waals surface area contributed by atoms with Crippen molar-refractivity contribution in [3.05, 3.63) is 17.5 Å². The Kier molecular flexibility index (Phi) is 4.34. The largest absolute Gasteiger partial charge is 0.459 e. The van der Waals surface area contributed by atoms with E-state index in [1.807, 2.05) is 38.3 Å². The summed E-state index contributed by atoms with van der Waals surface area (Å²) >= 11 is 2.74. The van der Waals surface area contributed by atoms with Crippen LogP contribution in [-0.4, -0.2) is 32.2 Å². The van der Waals surface area contributed by atoms with Crippen LogP contribution in [0.25, 0.3) is 10.7 Å². The molecule has 2 heterocycles. The molecule has 2 aromatic heterocycles. The molecule has 2 aromatic rings. The Balaban J connectivity index is 2.00. The Bertz CT molecular complexity index is 587. The highest BCUT2D eigenvalue weighted by Crippen LogP contribution is 2.25. The Morgan fingerprint density at radius 3 is 2.85 bits per heavy atom. The van der Waals surface area contributed by atoms with Gasteiger partial charge < -0.3 is 10.6 Å². The average Bonchev–Trinajstić information content (AvgIpc) is 2.93. The first-order chi connectivity index (χ1) is 9.37. The standard InChI is InChI=1S/C12H16N4O2S2/c1-12(2,3)18-9(17)7-20-11-15-14-10(16(11)13)8-5-4-6-19-8/h4-6H,7,13H2,1-3H3. The van der Waals surface area contributed by atoms with Crippen molar-refractivity contribution in [2.75, 3.05) is 11.6 Å². The molecule has 0 aromatic carbocycles. The van der Waals surface area contributed by atoms with E-state index >= 15 is 0 Å². The topological polar surface area (TPSA) is 83.0 Å². The van der Waals surface area contributed by atoms with E-state index < -0.39 is 5.60 Å². The molecule has 0 saturated heterocycles. The summed E-state index contributed by atoms with van der Waals surface area (Å²) in [6, 6.07) is 3.84. The lowest BCUT2D eigenvalue weighted by atomic mass is 10.2. The highest BCUT2D eigenvalue weighted by atomic mass is 32.2. The van der Waals surface area contributed by atoms with E-state index in [0.717, 1.165) is 4.88 Å². The highest BCUT2D eigenvalue weighted by molar-refractivity contribution is 7.99. The molecule has 0 unspecified atom stereocenters. The zero-order chi connectivity index (χ0) is 14.8. The van der Waals surface area contributed by atoms with Gasteiger partial charge in [-0.2, -0.15) is 0 Å². The first kappa shape index (κ1) is 14.9. The van der Waals surface area contributed by atoms with Crippen LogP contribution in [0.4, 0.5) is 0 Å². The van der Waals surface area contributed by atoms with Gasteiger partial charge in [-0.1, -0.05) is 17.8 Å². The lowest BCUT2D eigenvalue weighted by molar-refractivity contribution is -0.151. The first-order valence-electron chi connectivity index (χ1n) is 5.96. The lowest BCUT2D eigenvalue weighted by Gasteiger charge is -2.19. The summed E-state index contributed by atoms with van der Waals surface area (Å²) in [5.74, 6) is 6.37. The number of thioether (sulfide) groups is 1. The molecule has 0 aliphatic rings. The molecule has 0 bridgehead atoms. The van der Waals surface area contributed by atoms with E-state index in [4.69, 9.17) is 10.6 Å². The SMILES string of the molecule is CC(C)(C)OC(=O)CSc1nnc(-c2cccs2)n1N. The predicted octanol–water partition coefficient (Wildman–Crippen LogP) is 2.15. The number of hydrogen-bond acceptors (Lipinski definition) is 7. The summed E-state index contributed by atoms with van der Waals surface area (Å²) in [7, 11) is 0. The zero-order valence-corrected chi connectivity index (χ0v) is 13.1. The van der Waals surface area contributed by atoms with Crippen LogP contribution in [-0.2, 0) is 9.53 Å². The van der Waals surface area contributed by atoms with Crippen molar-refractivity contribution < 1.29 is 9.53 Å². The smallest absolute Gasteiger partial charge is 0.316 e. The van der Waals surface area contributed by atoms with E-state index in [0.29, 0.717) is 11.0 Å². The van der Waals surface area contributed by atoms with Gasteiger partial charge >= 0.3 is 5.97 Å². The summed E-state index contributed by atoms with van der Waals surface area (Å²) in [5.41, 5.74) is -0.490. The summed E-state index contributed by atoms with van der Waals surface area (Å²) < 4.78 is 6.61. The quantitative estimate of drug-likeness (QED) is 0.529. The van der Waals surface area contributed by atoms with Crippen molar-refractivity contribution in [3.8, 4) is 10.7 Å². The van der Waals surface area contributed by atoms with Crippen LogP contribution in [0.15, 0.2) is 22.7 Å². The number of rotatable bonds is 4. The molecule has 0 aliphatic carbocycles. The number of nitrogens with zero attached hydrogens (tertiary/aromatic N) is 3. The number of thiophene rings is 1. The van der Waals surface area contributed by atoms with Gasteiger partial charge in [-0.05, 0) is 32.2 Å². The van der Waals surface area contributed by atoms with Crippen molar-refractivity contribution in [2.24, 2.45) is 0 Å². The summed E-state index contributed by atoms with van der Waals surface area (Å²) in [6.45, 7) is 5.49. The second kappa shape index (κ2) is 5.84. The number of esters is 1. The van der Waals surface area contributed by atoms with Crippen LogP contribution in [0.1, 0.15) is 20.8 Å². The maximum absolute atomic E-state index is 11.6. The fourth-order valence-corrected chi connectivity index (χ4v) is 2.78. The molecule has 6 nitrogen and oxygen atoms in total. The Labute approximate surface area is 125 Å². The third-order valence-corrected chi connectivity index (χ3v) is 3.93. The summed E-state index contributed by atoms with van der Waals surface area (Å²) in [4.78, 5) is 12.6. The van der Waals surface area contributed by atoms with E-state index in [1.54, 1.807) is 0 Å². The number of carbonyl (C=O) groups is 1. The first-order valence-corrected chi connectivity index (χ1v) is 7.82. The number of nitrogen functional groups attached to an aromatic ring is 1. The molecule has 2 rings (SSSR count). The number of ether oxygens (including phenoxy) is 1. The van der Waals surface area contributed by atoms with Crippen molar-refractivity contribution in [1.82, 2.24) is 14.9 Å². The van der Waals surface area contributed by atoms with Crippen molar-refractivity contribution >= 4 is 29.1 Å². The number of carbonyl (C=O) groups excluding carboxylic acids is 1. The average molecular weight is 312 g/mol. The van der Waals surface area contributed by atoms with Crippen molar-refractivity contribution in [2.45, 2.75) is 31.5 Å². The molecule has 108 valence electrons. The zero-order valence-electron chi connectivity index (χ0n) is 11.5. The number of nitrogens with two attached hydrogens (primary N) is 1. The molecule has 0 spiro atoms. The molecule has 0 radical (unpaired) electrons. The molecule has 2 N–H and O–H groups in total. The fraction of sp³-hybridized carbons (Fsp3) is 0.417. The maximum atomic E-state index is 11.6. The van der Waals surface area contributed by atoms with E-state index in [-0.39, 0.29) is 11.7 Å². The highest BCUT2D eigenvalue weighted by Gasteiger charge is 2.18. The minimum Gasteiger partial charge on any atom is -0.459 e. The molecule has 0 fully saturated rings. The third kappa shape index (κ3) is 3.73. The van der Waals surface area contributed by atoms with Gasteiger partial charge in [0.15, 0.2) is 5.82 Å². The minimum absolute atomic E-state index is 0.150. The number of aromatic nitrogens is 3. The van der Waals surface area contributed by atoms with Gasteiger partial charge in [-0.15, -0.1) is 21.5 Å². The number of hydrogen-bond donors (Lipinski definition) is 1. The molecular weight excluding hydrogens is 296 g/mol. The third-order valence-electron chi connectivity index (χ3n) is 2.15. The van der Waals surface area contributed by atoms with Crippen molar-refractivity contribution in [3.63, 3.8) is 0 Å². The Morgan fingerprint density at radius 2 is 2.25 bits per heavy atom. The maximum Gasteiger partial charge on any atom is 0.316 e.